The second kappa shape index (κ2) is 9.89. The van der Waals surface area contributed by atoms with Crippen molar-refractivity contribution in [2.75, 3.05) is 32.6 Å². The van der Waals surface area contributed by atoms with Crippen LogP contribution in [0.3, 0.4) is 0 Å². The number of carbonyl (C=O) groups excluding carboxylic acids is 5. The highest BCUT2D eigenvalue weighted by atomic mass is 16.5. The van der Waals surface area contributed by atoms with Gasteiger partial charge in [0, 0.05) is 6.54 Å². The zero-order chi connectivity index (χ0) is 19.7. The SMILES string of the molecule is COC(=O)c1ccc(C(=O)OC)c(NC(=O)C(=O)N(C=O)CCCN)c1. The largest absolute Gasteiger partial charge is 0.465 e. The minimum absolute atomic E-state index is 0.0295. The predicted molar refractivity (Wildman–Crippen MR) is 89.2 cm³/mol. The third-order valence-electron chi connectivity index (χ3n) is 3.28. The smallest absolute Gasteiger partial charge is 0.339 e. The van der Waals surface area contributed by atoms with E-state index in [-0.39, 0.29) is 36.3 Å². The summed E-state index contributed by atoms with van der Waals surface area (Å²) < 4.78 is 9.16. The molecule has 0 saturated heterocycles. The summed E-state index contributed by atoms with van der Waals surface area (Å²) in [5.74, 6) is -3.80. The first kappa shape index (κ1) is 20.8. The van der Waals surface area contributed by atoms with Crippen LogP contribution in [0.5, 0.6) is 0 Å². The molecule has 1 aromatic carbocycles. The Morgan fingerprint density at radius 3 is 2.35 bits per heavy atom. The summed E-state index contributed by atoms with van der Waals surface area (Å²) in [6, 6.07) is 3.70. The van der Waals surface area contributed by atoms with Gasteiger partial charge in [-0.25, -0.2) is 9.59 Å². The molecule has 3 N–H and O–H groups in total. The van der Waals surface area contributed by atoms with E-state index in [1.54, 1.807) is 0 Å². The van der Waals surface area contributed by atoms with Crippen molar-refractivity contribution >= 4 is 35.9 Å². The van der Waals surface area contributed by atoms with Crippen LogP contribution >= 0.6 is 0 Å². The number of amides is 3. The summed E-state index contributed by atoms with van der Waals surface area (Å²) in [6.07, 6.45) is 0.534. The lowest BCUT2D eigenvalue weighted by Gasteiger charge is -2.15. The summed E-state index contributed by atoms with van der Waals surface area (Å²) >= 11 is 0. The molecule has 3 amide bonds. The summed E-state index contributed by atoms with van der Waals surface area (Å²) in [7, 11) is 2.30. The van der Waals surface area contributed by atoms with Gasteiger partial charge in [-0.2, -0.15) is 0 Å². The molecular weight excluding hydrogens is 346 g/mol. The van der Waals surface area contributed by atoms with Crippen molar-refractivity contribution < 1.29 is 33.4 Å². The van der Waals surface area contributed by atoms with Gasteiger partial charge in [0.05, 0.1) is 31.0 Å². The van der Waals surface area contributed by atoms with Crippen LogP contribution in [0, 0.1) is 0 Å². The summed E-state index contributed by atoms with van der Waals surface area (Å²) in [6.45, 7) is 0.200. The van der Waals surface area contributed by atoms with Gasteiger partial charge in [0.1, 0.15) is 0 Å². The Hall–Kier alpha value is -3.27. The van der Waals surface area contributed by atoms with Crippen molar-refractivity contribution in [1.82, 2.24) is 4.90 Å². The molecule has 0 atom stereocenters. The number of anilines is 1. The van der Waals surface area contributed by atoms with Crippen molar-refractivity contribution in [3.63, 3.8) is 0 Å². The number of carbonyl (C=O) groups is 5. The Kier molecular flexibility index (Phi) is 7.90. The number of nitrogens with zero attached hydrogens (tertiary/aromatic N) is 1. The van der Waals surface area contributed by atoms with E-state index in [2.05, 4.69) is 14.8 Å². The monoisotopic (exact) mass is 365 g/mol. The zero-order valence-corrected chi connectivity index (χ0v) is 14.3. The van der Waals surface area contributed by atoms with E-state index in [4.69, 9.17) is 5.73 Å². The minimum atomic E-state index is -1.17. The summed E-state index contributed by atoms with van der Waals surface area (Å²) in [5.41, 5.74) is 5.13. The van der Waals surface area contributed by atoms with Crippen LogP contribution < -0.4 is 11.1 Å². The van der Waals surface area contributed by atoms with E-state index in [1.807, 2.05) is 0 Å². The Morgan fingerprint density at radius 1 is 1.15 bits per heavy atom. The molecule has 26 heavy (non-hydrogen) atoms. The number of esters is 2. The van der Waals surface area contributed by atoms with E-state index < -0.39 is 23.8 Å². The maximum atomic E-state index is 12.1. The number of imide groups is 1. The van der Waals surface area contributed by atoms with Crippen molar-refractivity contribution in [2.24, 2.45) is 5.73 Å². The number of methoxy groups -OCH3 is 2. The Balaban J connectivity index is 3.13. The molecule has 0 aliphatic heterocycles. The number of hydrogen-bond acceptors (Lipinski definition) is 8. The molecule has 0 heterocycles. The number of rotatable bonds is 7. The second-order valence-corrected chi connectivity index (χ2v) is 4.94. The minimum Gasteiger partial charge on any atom is -0.465 e. The van der Waals surface area contributed by atoms with Gasteiger partial charge in [0.25, 0.3) is 0 Å². The lowest BCUT2D eigenvalue weighted by Crippen LogP contribution is -2.40. The molecule has 10 heteroatoms. The molecule has 1 rings (SSSR count). The maximum Gasteiger partial charge on any atom is 0.339 e. The van der Waals surface area contributed by atoms with Crippen LogP contribution in [0.15, 0.2) is 18.2 Å². The molecule has 0 saturated carbocycles. The highest BCUT2D eigenvalue weighted by Crippen LogP contribution is 2.20. The fourth-order valence-electron chi connectivity index (χ4n) is 1.95. The molecule has 0 spiro atoms. The zero-order valence-electron chi connectivity index (χ0n) is 14.3. The first-order valence-corrected chi connectivity index (χ1v) is 7.47. The number of benzene rings is 1. The molecule has 0 aliphatic carbocycles. The quantitative estimate of drug-likeness (QED) is 0.375. The van der Waals surface area contributed by atoms with E-state index in [0.717, 1.165) is 20.3 Å². The lowest BCUT2D eigenvalue weighted by atomic mass is 10.1. The topological polar surface area (TPSA) is 145 Å². The van der Waals surface area contributed by atoms with Gasteiger partial charge in [-0.3, -0.25) is 19.3 Å². The van der Waals surface area contributed by atoms with Gasteiger partial charge in [-0.05, 0) is 31.2 Å². The van der Waals surface area contributed by atoms with E-state index in [1.165, 1.54) is 12.1 Å². The van der Waals surface area contributed by atoms with Gasteiger partial charge in [-0.15, -0.1) is 0 Å². The molecule has 0 aromatic heterocycles. The highest BCUT2D eigenvalue weighted by Gasteiger charge is 2.24. The molecule has 1 aromatic rings. The van der Waals surface area contributed by atoms with Crippen LogP contribution in [0.4, 0.5) is 5.69 Å². The third kappa shape index (κ3) is 5.11. The van der Waals surface area contributed by atoms with Crippen LogP contribution in [-0.4, -0.2) is 62.4 Å². The van der Waals surface area contributed by atoms with Crippen molar-refractivity contribution in [1.29, 1.82) is 0 Å². The predicted octanol–water partition coefficient (Wildman–Crippen LogP) is -0.468. The van der Waals surface area contributed by atoms with Gasteiger partial charge < -0.3 is 20.5 Å². The lowest BCUT2D eigenvalue weighted by molar-refractivity contribution is -0.146. The number of nitrogens with two attached hydrogens (primary N) is 1. The van der Waals surface area contributed by atoms with Crippen molar-refractivity contribution in [2.45, 2.75) is 6.42 Å². The molecular formula is C16H19N3O7. The molecule has 10 nitrogen and oxygen atoms in total. The average molecular weight is 365 g/mol. The van der Waals surface area contributed by atoms with Gasteiger partial charge >= 0.3 is 23.8 Å². The van der Waals surface area contributed by atoms with Crippen LogP contribution in [-0.2, 0) is 23.9 Å². The first-order chi connectivity index (χ1) is 12.4. The normalized spacial score (nSPS) is 9.81. The van der Waals surface area contributed by atoms with Gasteiger partial charge in [0.2, 0.25) is 6.41 Å². The van der Waals surface area contributed by atoms with Gasteiger partial charge in [-0.1, -0.05) is 0 Å². The Morgan fingerprint density at radius 2 is 1.81 bits per heavy atom. The highest BCUT2D eigenvalue weighted by molar-refractivity contribution is 6.41. The van der Waals surface area contributed by atoms with E-state index in [9.17, 15) is 24.0 Å². The Bertz CT molecular complexity index is 718. The average Bonchev–Trinajstić information content (AvgIpc) is 2.66. The fourth-order valence-corrected chi connectivity index (χ4v) is 1.95. The standard InChI is InChI=1S/C16H19N3O7/c1-25-15(23)10-4-5-11(16(24)26-2)12(8-10)18-13(21)14(22)19(9-20)7-3-6-17/h4-5,8-9H,3,6-7,17H2,1-2H3,(H,18,21). The molecule has 140 valence electrons. The van der Waals surface area contributed by atoms with Crippen LogP contribution in [0.2, 0.25) is 0 Å². The summed E-state index contributed by atoms with van der Waals surface area (Å²) in [5, 5.41) is 2.21. The third-order valence-corrected chi connectivity index (χ3v) is 3.28. The Labute approximate surface area is 149 Å². The molecule has 0 radical (unpaired) electrons. The maximum absolute atomic E-state index is 12.1. The van der Waals surface area contributed by atoms with Crippen LogP contribution in [0.25, 0.3) is 0 Å². The molecule has 0 aliphatic rings. The van der Waals surface area contributed by atoms with Crippen LogP contribution in [0.1, 0.15) is 27.1 Å². The number of ether oxygens (including phenoxy) is 2. The van der Waals surface area contributed by atoms with E-state index in [0.29, 0.717) is 11.3 Å². The fraction of sp³-hybridized carbons (Fsp3) is 0.312. The first-order valence-electron chi connectivity index (χ1n) is 7.47. The number of hydrogen-bond donors (Lipinski definition) is 2. The number of nitrogens with one attached hydrogen (secondary N) is 1. The van der Waals surface area contributed by atoms with Crippen molar-refractivity contribution in [3.8, 4) is 0 Å². The summed E-state index contributed by atoms with van der Waals surface area (Å²) in [4.78, 5) is 59.2. The second-order valence-electron chi connectivity index (χ2n) is 4.94. The van der Waals surface area contributed by atoms with Gasteiger partial charge in [0.15, 0.2) is 0 Å². The molecule has 0 fully saturated rings. The molecule has 0 unspecified atom stereocenters. The van der Waals surface area contributed by atoms with E-state index >= 15 is 0 Å². The van der Waals surface area contributed by atoms with Crippen molar-refractivity contribution in [3.05, 3.63) is 29.3 Å². The molecule has 0 bridgehead atoms.